The Labute approximate surface area is 110 Å². The fourth-order valence-electron chi connectivity index (χ4n) is 0.946. The van der Waals surface area contributed by atoms with E-state index < -0.39 is 0 Å². The van der Waals surface area contributed by atoms with Gasteiger partial charge in [-0.2, -0.15) is 0 Å². The molecule has 1 nitrogen and oxygen atoms in total. The molecule has 1 fully saturated rings. The average molecular weight is 348 g/mol. The van der Waals surface area contributed by atoms with Gasteiger partial charge in [0.1, 0.15) is 0 Å². The predicted molar refractivity (Wildman–Crippen MR) is 41.9 cm³/mol. The van der Waals surface area contributed by atoms with Crippen molar-refractivity contribution in [2.24, 2.45) is 0 Å². The second-order valence-corrected chi connectivity index (χ2v) is 3.51. The number of halogens is 2. The number of rotatable bonds is 0. The van der Waals surface area contributed by atoms with Crippen LogP contribution < -0.4 is 34.0 Å². The zero-order chi connectivity index (χ0) is 7.94. The van der Waals surface area contributed by atoms with E-state index in [2.05, 4.69) is 35.7 Å². The summed E-state index contributed by atoms with van der Waals surface area (Å²) < 4.78 is 6.35. The Kier molecular flexibility index (Phi) is 14.0. The van der Waals surface area contributed by atoms with Gasteiger partial charge in [0.15, 0.2) is 0 Å². The van der Waals surface area contributed by atoms with Crippen LogP contribution in [-0.4, -0.2) is 13.2 Å². The third kappa shape index (κ3) is 9.29. The van der Waals surface area contributed by atoms with E-state index in [-0.39, 0.29) is 34.0 Å². The first-order chi connectivity index (χ1) is 5.39. The Hall–Kier alpha value is 0.984. The molecule has 0 aromatic carbocycles. The molecular weight excluding hydrogens is 335 g/mol. The minimum absolute atomic E-state index is 0. The molecule has 0 atom stereocenters. The van der Waals surface area contributed by atoms with Gasteiger partial charge in [-0.25, -0.2) is 0 Å². The Balaban J connectivity index is 0. The van der Waals surface area contributed by atoms with E-state index >= 15 is 0 Å². The van der Waals surface area contributed by atoms with E-state index in [0.29, 0.717) is 0 Å². The maximum absolute atomic E-state index is 4.94. The fourth-order valence-corrected chi connectivity index (χ4v) is 1.25. The molecule has 2 aliphatic rings. The summed E-state index contributed by atoms with van der Waals surface area (Å²) in [5.74, 6) is 0. The predicted octanol–water partition coefficient (Wildman–Crippen LogP) is -3.82. The Morgan fingerprint density at radius 1 is 1.15 bits per heavy atom. The summed E-state index contributed by atoms with van der Waals surface area (Å²) >= 11 is 2.54. The SMILES string of the molecule is C1CCOC1.[Br-].[Br-].[V+2][C]1=CC=CC1. The summed E-state index contributed by atoms with van der Waals surface area (Å²) in [7, 11) is 0. The van der Waals surface area contributed by atoms with Gasteiger partial charge >= 0.3 is 46.4 Å². The Bertz CT molecular complexity index is 157. The summed E-state index contributed by atoms with van der Waals surface area (Å²) in [6, 6.07) is 0. The van der Waals surface area contributed by atoms with E-state index in [4.69, 9.17) is 4.74 Å². The molecule has 74 valence electrons. The second-order valence-electron chi connectivity index (χ2n) is 2.61. The van der Waals surface area contributed by atoms with Gasteiger partial charge < -0.3 is 38.7 Å². The molecule has 13 heavy (non-hydrogen) atoms. The number of hydrogen-bond donors (Lipinski definition) is 0. The molecule has 0 spiro atoms. The van der Waals surface area contributed by atoms with Gasteiger partial charge in [0.25, 0.3) is 0 Å². The molecule has 4 heteroatoms. The van der Waals surface area contributed by atoms with Crippen LogP contribution in [0.1, 0.15) is 19.3 Å². The van der Waals surface area contributed by atoms with Gasteiger partial charge in [-0.05, 0) is 12.8 Å². The van der Waals surface area contributed by atoms with Crippen LogP contribution in [0.5, 0.6) is 0 Å². The van der Waals surface area contributed by atoms with E-state index in [9.17, 15) is 0 Å². The van der Waals surface area contributed by atoms with E-state index in [1.807, 2.05) is 0 Å². The van der Waals surface area contributed by atoms with Crippen LogP contribution in [0.15, 0.2) is 22.5 Å². The van der Waals surface area contributed by atoms with Crippen LogP contribution in [0.2, 0.25) is 0 Å². The van der Waals surface area contributed by atoms with Crippen LogP contribution >= 0.6 is 0 Å². The molecule has 2 rings (SSSR count). The van der Waals surface area contributed by atoms with Crippen molar-refractivity contribution in [3.63, 3.8) is 0 Å². The molecule has 0 aromatic rings. The molecular formula is C9H13Br2OV. The summed E-state index contributed by atoms with van der Waals surface area (Å²) in [5, 5.41) is 0. The Morgan fingerprint density at radius 3 is 1.92 bits per heavy atom. The summed E-state index contributed by atoms with van der Waals surface area (Å²) in [5.41, 5.74) is 0. The van der Waals surface area contributed by atoms with Crippen molar-refractivity contribution in [2.75, 3.05) is 13.2 Å². The van der Waals surface area contributed by atoms with Crippen molar-refractivity contribution in [3.05, 3.63) is 22.5 Å². The molecule has 1 aliphatic heterocycles. The molecule has 0 bridgehead atoms. The number of allylic oxidation sites excluding steroid dienone is 4. The van der Waals surface area contributed by atoms with Crippen LogP contribution in [-0.2, 0) is 22.2 Å². The first kappa shape index (κ1) is 16.4. The van der Waals surface area contributed by atoms with Gasteiger partial charge in [-0.15, -0.1) is 0 Å². The number of ether oxygens (including phenoxy) is 1. The third-order valence-corrected chi connectivity index (χ3v) is 2.10. The van der Waals surface area contributed by atoms with Gasteiger partial charge in [0, 0.05) is 13.2 Å². The molecule has 0 aromatic heterocycles. The van der Waals surface area contributed by atoms with Gasteiger partial charge in [0.2, 0.25) is 0 Å². The summed E-state index contributed by atoms with van der Waals surface area (Å²) in [6.45, 7) is 2.00. The van der Waals surface area contributed by atoms with Crippen molar-refractivity contribution < 1.29 is 56.1 Å². The van der Waals surface area contributed by atoms with E-state index in [1.54, 1.807) is 0 Å². The minimum atomic E-state index is 0. The fraction of sp³-hybridized carbons (Fsp3) is 0.556. The quantitative estimate of drug-likeness (QED) is 0.436. The van der Waals surface area contributed by atoms with Gasteiger partial charge in [-0.3, -0.25) is 0 Å². The Morgan fingerprint density at radius 2 is 1.77 bits per heavy atom. The third-order valence-electron chi connectivity index (χ3n) is 1.58. The molecule has 0 radical (unpaired) electrons. The van der Waals surface area contributed by atoms with E-state index in [1.165, 1.54) is 17.1 Å². The van der Waals surface area contributed by atoms with Crippen LogP contribution in [0.25, 0.3) is 0 Å². The maximum atomic E-state index is 4.94. The first-order valence-corrected chi connectivity index (χ1v) is 4.72. The monoisotopic (exact) mass is 346 g/mol. The van der Waals surface area contributed by atoms with Crippen molar-refractivity contribution in [2.45, 2.75) is 19.3 Å². The standard InChI is InChI=1S/C5H5.C4H8O.2BrH.V/c2*1-2-4-5-3-1;;;/h1-3H,4H2;1-4H2;2*1H;/q;;;;+2/p-2. The van der Waals surface area contributed by atoms with Crippen LogP contribution in [0.3, 0.4) is 0 Å². The summed E-state index contributed by atoms with van der Waals surface area (Å²) in [4.78, 5) is 0. The van der Waals surface area contributed by atoms with Crippen molar-refractivity contribution in [1.82, 2.24) is 0 Å². The first-order valence-electron chi connectivity index (χ1n) is 4.02. The zero-order valence-electron chi connectivity index (χ0n) is 7.38. The van der Waals surface area contributed by atoms with Gasteiger partial charge in [0.05, 0.1) is 0 Å². The molecule has 0 saturated carbocycles. The molecule has 1 aliphatic carbocycles. The van der Waals surface area contributed by atoms with Gasteiger partial charge in [-0.1, -0.05) is 0 Å². The van der Waals surface area contributed by atoms with Crippen molar-refractivity contribution in [1.29, 1.82) is 0 Å². The molecule has 0 N–H and O–H groups in total. The number of hydrogen-bond acceptors (Lipinski definition) is 1. The molecule has 0 unspecified atom stereocenters. The van der Waals surface area contributed by atoms with Crippen molar-refractivity contribution in [3.8, 4) is 0 Å². The average Bonchev–Trinajstić information content (AvgIpc) is 2.57. The molecule has 1 heterocycles. The second kappa shape index (κ2) is 11.1. The van der Waals surface area contributed by atoms with E-state index in [0.717, 1.165) is 19.6 Å². The topological polar surface area (TPSA) is 9.23 Å². The van der Waals surface area contributed by atoms with Crippen LogP contribution in [0.4, 0.5) is 0 Å². The van der Waals surface area contributed by atoms with Crippen LogP contribution in [0, 0.1) is 0 Å². The molecule has 0 amide bonds. The summed E-state index contributed by atoms with van der Waals surface area (Å²) in [6.07, 6.45) is 10.0. The normalized spacial score (nSPS) is 17.6. The van der Waals surface area contributed by atoms with Crippen molar-refractivity contribution >= 4 is 0 Å². The molecule has 1 saturated heterocycles. The zero-order valence-corrected chi connectivity index (χ0v) is 11.9.